The number of ether oxygens (including phenoxy) is 1. The molecule has 0 saturated carbocycles. The van der Waals surface area contributed by atoms with Gasteiger partial charge in [0.05, 0.1) is 5.56 Å². The van der Waals surface area contributed by atoms with Crippen LogP contribution in [0.1, 0.15) is 0 Å². The Kier molecular flexibility index (Phi) is 3.01. The van der Waals surface area contributed by atoms with E-state index in [1.54, 1.807) is 17.5 Å². The zero-order chi connectivity index (χ0) is 10.5. The lowest BCUT2D eigenvalue weighted by atomic mass is 10.2. The molecule has 0 aliphatic heterocycles. The highest BCUT2D eigenvalue weighted by molar-refractivity contribution is 7.13. The summed E-state index contributed by atoms with van der Waals surface area (Å²) in [6.07, 6.45) is 6.93. The number of benzene rings is 1. The molecule has 0 N–H and O–H groups in total. The quantitative estimate of drug-likeness (QED) is 0.734. The molecular formula is C12H9NOS. The zero-order valence-corrected chi connectivity index (χ0v) is 8.83. The lowest BCUT2D eigenvalue weighted by molar-refractivity contribution is 0.372. The van der Waals surface area contributed by atoms with Crippen LogP contribution < -0.4 is 4.74 Å². The second-order valence-electron chi connectivity index (χ2n) is 2.83. The molecule has 0 aliphatic carbocycles. The third-order valence-corrected chi connectivity index (χ3v) is 2.67. The van der Waals surface area contributed by atoms with E-state index in [-0.39, 0.29) is 6.61 Å². The number of nitrogens with zero attached hydrogens (tertiary/aromatic N) is 1. The fourth-order valence-corrected chi connectivity index (χ4v) is 1.91. The van der Waals surface area contributed by atoms with E-state index in [1.807, 2.05) is 29.6 Å². The van der Waals surface area contributed by atoms with Gasteiger partial charge >= 0.3 is 0 Å². The van der Waals surface area contributed by atoms with Crippen molar-refractivity contribution < 1.29 is 4.74 Å². The fourth-order valence-electron chi connectivity index (χ4n) is 1.25. The molecule has 0 aliphatic rings. The fraction of sp³-hybridized carbons (Fsp3) is 0.0833. The van der Waals surface area contributed by atoms with Crippen molar-refractivity contribution in [2.75, 3.05) is 6.61 Å². The van der Waals surface area contributed by atoms with Crippen LogP contribution in [0, 0.1) is 12.3 Å². The molecule has 0 radical (unpaired) electrons. The Labute approximate surface area is 92.6 Å². The van der Waals surface area contributed by atoms with Gasteiger partial charge in [-0.2, -0.15) is 0 Å². The smallest absolute Gasteiger partial charge is 0.148 e. The lowest BCUT2D eigenvalue weighted by Crippen LogP contribution is -1.95. The topological polar surface area (TPSA) is 22.1 Å². The van der Waals surface area contributed by atoms with E-state index in [4.69, 9.17) is 11.2 Å². The molecule has 1 aromatic heterocycles. The Morgan fingerprint density at radius 3 is 3.00 bits per heavy atom. The van der Waals surface area contributed by atoms with Crippen molar-refractivity contribution in [3.05, 3.63) is 35.8 Å². The maximum atomic E-state index is 5.44. The highest BCUT2D eigenvalue weighted by Crippen LogP contribution is 2.30. The van der Waals surface area contributed by atoms with E-state index in [2.05, 4.69) is 10.9 Å². The van der Waals surface area contributed by atoms with Crippen LogP contribution in [-0.4, -0.2) is 11.6 Å². The summed E-state index contributed by atoms with van der Waals surface area (Å²) < 4.78 is 5.44. The second-order valence-corrected chi connectivity index (χ2v) is 3.72. The Balaban J connectivity index is 2.35. The van der Waals surface area contributed by atoms with Crippen molar-refractivity contribution in [3.8, 4) is 28.7 Å². The van der Waals surface area contributed by atoms with Gasteiger partial charge in [0, 0.05) is 11.6 Å². The minimum atomic E-state index is 0.280. The number of hydrogen-bond acceptors (Lipinski definition) is 3. The van der Waals surface area contributed by atoms with Crippen molar-refractivity contribution >= 4 is 11.3 Å². The van der Waals surface area contributed by atoms with Crippen molar-refractivity contribution in [1.82, 2.24) is 4.98 Å². The molecular weight excluding hydrogens is 206 g/mol. The number of thiazole rings is 1. The number of rotatable bonds is 3. The highest BCUT2D eigenvalue weighted by Gasteiger charge is 2.06. The molecule has 1 heterocycles. The average Bonchev–Trinajstić information content (AvgIpc) is 2.80. The van der Waals surface area contributed by atoms with Gasteiger partial charge in [-0.05, 0) is 12.1 Å². The molecule has 2 nitrogen and oxygen atoms in total. The summed E-state index contributed by atoms with van der Waals surface area (Å²) in [5, 5.41) is 2.88. The predicted octanol–water partition coefficient (Wildman–Crippen LogP) is 2.82. The Morgan fingerprint density at radius 2 is 2.27 bits per heavy atom. The molecule has 2 aromatic rings. The van der Waals surface area contributed by atoms with E-state index in [0.717, 1.165) is 16.3 Å². The summed E-state index contributed by atoms with van der Waals surface area (Å²) in [7, 11) is 0. The molecule has 1 aromatic carbocycles. The summed E-state index contributed by atoms with van der Waals surface area (Å²) in [6.45, 7) is 0.280. The Morgan fingerprint density at radius 1 is 1.40 bits per heavy atom. The predicted molar refractivity (Wildman–Crippen MR) is 61.9 cm³/mol. The molecule has 0 saturated heterocycles. The number of aromatic nitrogens is 1. The molecule has 0 fully saturated rings. The molecule has 0 spiro atoms. The second kappa shape index (κ2) is 4.63. The SMILES string of the molecule is C#CCOc1ccccc1-c1nccs1. The molecule has 3 heteroatoms. The van der Waals surface area contributed by atoms with Crippen molar-refractivity contribution in [3.63, 3.8) is 0 Å². The normalized spacial score (nSPS) is 9.53. The molecule has 0 atom stereocenters. The number of hydrogen-bond donors (Lipinski definition) is 0. The molecule has 2 rings (SSSR count). The first kappa shape index (κ1) is 9.75. The van der Waals surface area contributed by atoms with Crippen molar-refractivity contribution in [2.24, 2.45) is 0 Å². The summed E-state index contributed by atoms with van der Waals surface area (Å²) in [4.78, 5) is 4.24. The van der Waals surface area contributed by atoms with Gasteiger partial charge in [-0.25, -0.2) is 4.98 Å². The van der Waals surface area contributed by atoms with E-state index in [0.29, 0.717) is 0 Å². The van der Waals surface area contributed by atoms with E-state index in [9.17, 15) is 0 Å². The summed E-state index contributed by atoms with van der Waals surface area (Å²) in [5.74, 6) is 3.23. The summed E-state index contributed by atoms with van der Waals surface area (Å²) in [5.41, 5.74) is 0.989. The summed E-state index contributed by atoms with van der Waals surface area (Å²) >= 11 is 1.58. The lowest BCUT2D eigenvalue weighted by Gasteiger charge is -2.06. The molecule has 74 valence electrons. The Bertz CT molecular complexity index is 471. The van der Waals surface area contributed by atoms with Gasteiger partial charge < -0.3 is 4.74 Å². The molecule has 0 amide bonds. The van der Waals surface area contributed by atoms with E-state index >= 15 is 0 Å². The third kappa shape index (κ3) is 2.17. The monoisotopic (exact) mass is 215 g/mol. The minimum absolute atomic E-state index is 0.280. The van der Waals surface area contributed by atoms with Crippen LogP contribution in [0.5, 0.6) is 5.75 Å². The third-order valence-electron chi connectivity index (χ3n) is 1.86. The Hall–Kier alpha value is -1.79. The van der Waals surface area contributed by atoms with Crippen LogP contribution in [0.2, 0.25) is 0 Å². The minimum Gasteiger partial charge on any atom is -0.480 e. The van der Waals surface area contributed by atoms with Crippen LogP contribution in [-0.2, 0) is 0 Å². The van der Waals surface area contributed by atoms with Crippen LogP contribution in [0.15, 0.2) is 35.8 Å². The van der Waals surface area contributed by atoms with Crippen molar-refractivity contribution in [2.45, 2.75) is 0 Å². The van der Waals surface area contributed by atoms with Crippen LogP contribution in [0.25, 0.3) is 10.6 Å². The van der Waals surface area contributed by atoms with Crippen molar-refractivity contribution in [1.29, 1.82) is 0 Å². The van der Waals surface area contributed by atoms with E-state index < -0.39 is 0 Å². The molecule has 0 bridgehead atoms. The maximum Gasteiger partial charge on any atom is 0.148 e. The van der Waals surface area contributed by atoms with Gasteiger partial charge in [0.1, 0.15) is 17.4 Å². The molecule has 0 unspecified atom stereocenters. The first-order chi connectivity index (χ1) is 7.42. The van der Waals surface area contributed by atoms with Gasteiger partial charge in [-0.1, -0.05) is 18.1 Å². The van der Waals surface area contributed by atoms with Gasteiger partial charge in [0.15, 0.2) is 0 Å². The molecule has 15 heavy (non-hydrogen) atoms. The standard InChI is InChI=1S/C12H9NOS/c1-2-8-14-11-6-4-3-5-10(11)12-13-7-9-15-12/h1,3-7,9H,8H2. The number of para-hydroxylation sites is 1. The first-order valence-electron chi connectivity index (χ1n) is 4.47. The number of terminal acetylenes is 1. The zero-order valence-electron chi connectivity index (χ0n) is 8.01. The van der Waals surface area contributed by atoms with Gasteiger partial charge in [0.2, 0.25) is 0 Å². The average molecular weight is 215 g/mol. The van der Waals surface area contributed by atoms with Gasteiger partial charge in [0.25, 0.3) is 0 Å². The van der Waals surface area contributed by atoms with Gasteiger partial charge in [-0.15, -0.1) is 17.8 Å². The van der Waals surface area contributed by atoms with Crippen LogP contribution >= 0.6 is 11.3 Å². The maximum absolute atomic E-state index is 5.44. The first-order valence-corrected chi connectivity index (χ1v) is 5.35. The summed E-state index contributed by atoms with van der Waals surface area (Å²) in [6, 6.07) is 7.75. The largest absolute Gasteiger partial charge is 0.480 e. The van der Waals surface area contributed by atoms with Crippen LogP contribution in [0.4, 0.5) is 0 Å². The highest BCUT2D eigenvalue weighted by atomic mass is 32.1. The van der Waals surface area contributed by atoms with Gasteiger partial charge in [-0.3, -0.25) is 0 Å². The van der Waals surface area contributed by atoms with E-state index in [1.165, 1.54) is 0 Å². The van der Waals surface area contributed by atoms with Crippen LogP contribution in [0.3, 0.4) is 0 Å².